The molecule has 0 atom stereocenters. The highest BCUT2D eigenvalue weighted by molar-refractivity contribution is 6.38. The highest BCUT2D eigenvalue weighted by atomic mass is 35.5. The topological polar surface area (TPSA) is 72.9 Å². The lowest BCUT2D eigenvalue weighted by atomic mass is 10.3. The van der Waals surface area contributed by atoms with Crippen molar-refractivity contribution in [2.45, 2.75) is 0 Å². The lowest BCUT2D eigenvalue weighted by Gasteiger charge is -1.95. The number of amides is 1. The Morgan fingerprint density at radius 1 is 1.67 bits per heavy atom. The lowest BCUT2D eigenvalue weighted by molar-refractivity contribution is 0.0954. The molecule has 0 aliphatic heterocycles. The fourth-order valence-corrected chi connectivity index (χ4v) is 1.28. The predicted octanol–water partition coefficient (Wildman–Crippen LogP) is 0.330. The molecule has 1 aromatic rings. The van der Waals surface area contributed by atoms with Crippen molar-refractivity contribution in [3.8, 4) is 0 Å². The number of nitrogens with zero attached hydrogens (tertiary/aromatic N) is 2. The van der Waals surface area contributed by atoms with Gasteiger partial charge in [-0.2, -0.15) is 5.10 Å². The molecule has 0 bridgehead atoms. The normalized spacial score (nSPS) is 10.0. The monoisotopic (exact) mass is 208 g/mol. The average Bonchev–Trinajstić information content (AvgIpc) is 2.26. The Bertz CT molecular complexity index is 321. The summed E-state index contributed by atoms with van der Waals surface area (Å²) in [6, 6.07) is 0. The summed E-state index contributed by atoms with van der Waals surface area (Å²) in [4.78, 5) is 11.0. The molecule has 7 heteroatoms. The molecule has 3 N–H and O–H groups in total. The summed E-state index contributed by atoms with van der Waals surface area (Å²) >= 11 is 11.3. The van der Waals surface area contributed by atoms with E-state index in [0.29, 0.717) is 0 Å². The zero-order valence-corrected chi connectivity index (χ0v) is 7.65. The van der Waals surface area contributed by atoms with Gasteiger partial charge < -0.3 is 0 Å². The van der Waals surface area contributed by atoms with Gasteiger partial charge in [-0.25, -0.2) is 5.84 Å². The van der Waals surface area contributed by atoms with E-state index in [-0.39, 0.29) is 15.9 Å². The van der Waals surface area contributed by atoms with Gasteiger partial charge >= 0.3 is 0 Å². The Morgan fingerprint density at radius 2 is 2.25 bits per heavy atom. The van der Waals surface area contributed by atoms with E-state index in [4.69, 9.17) is 29.0 Å². The van der Waals surface area contributed by atoms with Gasteiger partial charge in [0.25, 0.3) is 5.91 Å². The third-order valence-electron chi connectivity index (χ3n) is 1.29. The van der Waals surface area contributed by atoms with E-state index in [1.807, 2.05) is 5.43 Å². The van der Waals surface area contributed by atoms with Gasteiger partial charge in [-0.15, -0.1) is 0 Å². The SMILES string of the molecule is Cn1nc(Cl)c(C(=O)NN)c1Cl. The molecule has 0 fully saturated rings. The number of halogens is 2. The highest BCUT2D eigenvalue weighted by Gasteiger charge is 2.18. The van der Waals surface area contributed by atoms with Crippen molar-refractivity contribution < 1.29 is 4.79 Å². The minimum Gasteiger partial charge on any atom is -0.290 e. The fraction of sp³-hybridized carbons (Fsp3) is 0.200. The van der Waals surface area contributed by atoms with Gasteiger partial charge in [-0.05, 0) is 0 Å². The van der Waals surface area contributed by atoms with Crippen LogP contribution in [0.1, 0.15) is 10.4 Å². The minimum atomic E-state index is -0.557. The van der Waals surface area contributed by atoms with Crippen molar-refractivity contribution in [1.29, 1.82) is 0 Å². The number of hydrazine groups is 1. The van der Waals surface area contributed by atoms with Crippen LogP contribution in [0.5, 0.6) is 0 Å². The Kier molecular flexibility index (Phi) is 2.56. The smallest absolute Gasteiger partial charge is 0.271 e. The second kappa shape index (κ2) is 3.30. The molecular formula is C5H6Cl2N4O. The highest BCUT2D eigenvalue weighted by Crippen LogP contribution is 2.22. The zero-order chi connectivity index (χ0) is 9.30. The van der Waals surface area contributed by atoms with Gasteiger partial charge in [-0.3, -0.25) is 14.9 Å². The van der Waals surface area contributed by atoms with Gasteiger partial charge in [0.2, 0.25) is 0 Å². The lowest BCUT2D eigenvalue weighted by Crippen LogP contribution is -2.30. The standard InChI is InChI=1S/C5H6Cl2N4O/c1-11-4(7)2(3(6)10-11)5(12)9-8/h8H2,1H3,(H,9,12). The number of aryl methyl sites for hydroxylation is 1. The van der Waals surface area contributed by atoms with Crippen LogP contribution >= 0.6 is 23.2 Å². The first-order valence-corrected chi connectivity index (χ1v) is 3.72. The molecule has 1 rings (SSSR count). The summed E-state index contributed by atoms with van der Waals surface area (Å²) in [7, 11) is 1.57. The van der Waals surface area contributed by atoms with Crippen molar-refractivity contribution >= 4 is 29.1 Å². The Morgan fingerprint density at radius 3 is 2.58 bits per heavy atom. The summed E-state index contributed by atoms with van der Waals surface area (Å²) in [5, 5.41) is 3.90. The molecular weight excluding hydrogens is 203 g/mol. The van der Waals surface area contributed by atoms with Crippen LogP contribution in [0, 0.1) is 0 Å². The number of carbonyl (C=O) groups excluding carboxylic acids is 1. The number of nitrogens with one attached hydrogen (secondary N) is 1. The Hall–Kier alpha value is -0.780. The summed E-state index contributed by atoms with van der Waals surface area (Å²) in [6.07, 6.45) is 0. The minimum absolute atomic E-state index is 0.0328. The van der Waals surface area contributed by atoms with E-state index in [1.54, 1.807) is 7.05 Å². The summed E-state index contributed by atoms with van der Waals surface area (Å²) < 4.78 is 1.29. The third kappa shape index (κ3) is 1.38. The number of hydrogen-bond donors (Lipinski definition) is 2. The molecule has 0 unspecified atom stereocenters. The second-order valence-corrected chi connectivity index (χ2v) is 2.77. The number of nitrogen functional groups attached to an aromatic ring is 1. The molecule has 0 saturated heterocycles. The molecule has 1 aromatic heterocycles. The van der Waals surface area contributed by atoms with E-state index < -0.39 is 5.91 Å². The van der Waals surface area contributed by atoms with Gasteiger partial charge in [0, 0.05) is 7.05 Å². The van der Waals surface area contributed by atoms with Crippen molar-refractivity contribution in [2.24, 2.45) is 12.9 Å². The van der Waals surface area contributed by atoms with Crippen LogP contribution in [-0.2, 0) is 7.05 Å². The van der Waals surface area contributed by atoms with Gasteiger partial charge in [0.1, 0.15) is 10.7 Å². The van der Waals surface area contributed by atoms with E-state index in [9.17, 15) is 4.79 Å². The quantitative estimate of drug-likeness (QED) is 0.397. The third-order valence-corrected chi connectivity index (χ3v) is 1.99. The van der Waals surface area contributed by atoms with Crippen LogP contribution in [0.4, 0.5) is 0 Å². The van der Waals surface area contributed by atoms with Gasteiger partial charge in [0.05, 0.1) is 0 Å². The molecule has 5 nitrogen and oxygen atoms in total. The second-order valence-electron chi connectivity index (χ2n) is 2.05. The average molecular weight is 209 g/mol. The van der Waals surface area contributed by atoms with Crippen LogP contribution in [0.3, 0.4) is 0 Å². The van der Waals surface area contributed by atoms with Crippen molar-refractivity contribution in [2.75, 3.05) is 0 Å². The van der Waals surface area contributed by atoms with E-state index >= 15 is 0 Å². The Labute approximate surface area is 78.4 Å². The van der Waals surface area contributed by atoms with E-state index in [1.165, 1.54) is 4.68 Å². The first-order chi connectivity index (χ1) is 5.57. The first kappa shape index (κ1) is 9.31. The molecule has 1 amide bonds. The summed E-state index contributed by atoms with van der Waals surface area (Å²) in [5.74, 6) is 4.34. The van der Waals surface area contributed by atoms with Gasteiger partial charge in [-0.1, -0.05) is 23.2 Å². The van der Waals surface area contributed by atoms with Crippen LogP contribution in [0.25, 0.3) is 0 Å². The molecule has 0 aliphatic rings. The Balaban J connectivity index is 3.22. The predicted molar refractivity (Wildman–Crippen MR) is 44.9 cm³/mol. The molecule has 0 saturated carbocycles. The number of hydrogen-bond acceptors (Lipinski definition) is 3. The van der Waals surface area contributed by atoms with Gasteiger partial charge in [0.15, 0.2) is 5.15 Å². The van der Waals surface area contributed by atoms with Crippen LogP contribution in [-0.4, -0.2) is 15.7 Å². The molecule has 0 aromatic carbocycles. The first-order valence-electron chi connectivity index (χ1n) is 2.97. The largest absolute Gasteiger partial charge is 0.290 e. The summed E-state index contributed by atoms with van der Waals surface area (Å²) in [6.45, 7) is 0. The number of rotatable bonds is 1. The molecule has 66 valence electrons. The van der Waals surface area contributed by atoms with Crippen molar-refractivity contribution in [3.63, 3.8) is 0 Å². The van der Waals surface area contributed by atoms with E-state index in [2.05, 4.69) is 5.10 Å². The molecule has 0 spiro atoms. The maximum absolute atomic E-state index is 11.0. The fourth-order valence-electron chi connectivity index (χ4n) is 0.732. The molecule has 12 heavy (non-hydrogen) atoms. The summed E-state index contributed by atoms with van der Waals surface area (Å²) in [5.41, 5.74) is 2.00. The number of nitrogens with two attached hydrogens (primary N) is 1. The molecule has 1 heterocycles. The number of aromatic nitrogens is 2. The van der Waals surface area contributed by atoms with Crippen LogP contribution in [0.2, 0.25) is 10.3 Å². The molecule has 0 radical (unpaired) electrons. The maximum Gasteiger partial charge on any atom is 0.271 e. The van der Waals surface area contributed by atoms with E-state index in [0.717, 1.165) is 0 Å². The maximum atomic E-state index is 11.0. The van der Waals surface area contributed by atoms with Crippen molar-refractivity contribution in [1.82, 2.24) is 15.2 Å². The van der Waals surface area contributed by atoms with Crippen LogP contribution in [0.15, 0.2) is 0 Å². The molecule has 0 aliphatic carbocycles. The van der Waals surface area contributed by atoms with Crippen molar-refractivity contribution in [3.05, 3.63) is 15.9 Å². The zero-order valence-electron chi connectivity index (χ0n) is 6.14. The van der Waals surface area contributed by atoms with Crippen LogP contribution < -0.4 is 11.3 Å². The number of carbonyl (C=O) groups is 1.